The Labute approximate surface area is 200 Å². The Balaban J connectivity index is 1.55. The van der Waals surface area contributed by atoms with Gasteiger partial charge in [-0.1, -0.05) is 11.6 Å². The largest absolute Gasteiger partial charge is 0.325 e. The van der Waals surface area contributed by atoms with Crippen LogP contribution in [0.5, 0.6) is 0 Å². The third-order valence-corrected chi connectivity index (χ3v) is 8.58. The summed E-state index contributed by atoms with van der Waals surface area (Å²) in [6, 6.07) is 6.27. The number of aromatic nitrogens is 2. The van der Waals surface area contributed by atoms with E-state index in [9.17, 15) is 17.6 Å². The predicted octanol–water partition coefficient (Wildman–Crippen LogP) is 4.20. The SMILES string of the molecule is CC(C)n1cc(-c2ccc([C@H]3C[C@@H](C(=O)Nc4ccc(F)c(Cl)c4)N(C)S(=O)(=O)N3)s2)cn1. The van der Waals surface area contributed by atoms with E-state index in [1.54, 1.807) is 6.20 Å². The summed E-state index contributed by atoms with van der Waals surface area (Å²) in [4.78, 5) is 14.7. The lowest BCUT2D eigenvalue weighted by Crippen LogP contribution is -2.55. The van der Waals surface area contributed by atoms with Crippen LogP contribution in [0.1, 0.15) is 37.2 Å². The van der Waals surface area contributed by atoms with Gasteiger partial charge in [0.05, 0.1) is 17.3 Å². The first-order chi connectivity index (χ1) is 15.5. The Hall–Kier alpha value is -2.31. The van der Waals surface area contributed by atoms with Crippen LogP contribution in [0.25, 0.3) is 10.4 Å². The van der Waals surface area contributed by atoms with Gasteiger partial charge in [-0.15, -0.1) is 11.3 Å². The molecule has 3 heterocycles. The first kappa shape index (κ1) is 23.8. The van der Waals surface area contributed by atoms with E-state index in [0.717, 1.165) is 25.7 Å². The zero-order valence-electron chi connectivity index (χ0n) is 18.1. The molecule has 0 unspecified atom stereocenters. The fourth-order valence-corrected chi connectivity index (χ4v) is 6.11. The van der Waals surface area contributed by atoms with Gasteiger partial charge in [-0.2, -0.15) is 22.5 Å². The Morgan fingerprint density at radius 2 is 2.09 bits per heavy atom. The molecule has 1 fully saturated rings. The van der Waals surface area contributed by atoms with Gasteiger partial charge in [-0.3, -0.25) is 9.48 Å². The summed E-state index contributed by atoms with van der Waals surface area (Å²) in [6.45, 7) is 4.07. The van der Waals surface area contributed by atoms with Crippen molar-refractivity contribution in [3.05, 3.63) is 58.4 Å². The number of thiophene rings is 1. The van der Waals surface area contributed by atoms with Crippen molar-refractivity contribution in [2.75, 3.05) is 12.4 Å². The van der Waals surface area contributed by atoms with E-state index in [1.165, 1.54) is 30.5 Å². The van der Waals surface area contributed by atoms with E-state index in [0.29, 0.717) is 0 Å². The van der Waals surface area contributed by atoms with Crippen molar-refractivity contribution in [3.63, 3.8) is 0 Å². The molecule has 2 aromatic heterocycles. The van der Waals surface area contributed by atoms with E-state index in [2.05, 4.69) is 15.1 Å². The lowest BCUT2D eigenvalue weighted by Gasteiger charge is -2.35. The first-order valence-corrected chi connectivity index (χ1v) is 12.8. The number of halogens is 2. The predicted molar refractivity (Wildman–Crippen MR) is 127 cm³/mol. The molecule has 2 N–H and O–H groups in total. The third kappa shape index (κ3) is 4.97. The number of carbonyl (C=O) groups excluding carboxylic acids is 1. The molecule has 0 saturated carbocycles. The summed E-state index contributed by atoms with van der Waals surface area (Å²) in [6.07, 6.45) is 3.95. The summed E-state index contributed by atoms with van der Waals surface area (Å²) in [5, 5.41) is 6.85. The molecule has 1 aliphatic rings. The second-order valence-electron chi connectivity index (χ2n) is 8.07. The molecule has 1 saturated heterocycles. The van der Waals surface area contributed by atoms with E-state index in [-0.39, 0.29) is 23.2 Å². The molecule has 33 heavy (non-hydrogen) atoms. The summed E-state index contributed by atoms with van der Waals surface area (Å²) in [5.41, 5.74) is 1.23. The molecule has 2 atom stereocenters. The van der Waals surface area contributed by atoms with Crippen LogP contribution in [-0.4, -0.2) is 41.5 Å². The van der Waals surface area contributed by atoms with Crippen LogP contribution in [0.2, 0.25) is 5.02 Å². The minimum atomic E-state index is -3.90. The highest BCUT2D eigenvalue weighted by molar-refractivity contribution is 7.87. The highest BCUT2D eigenvalue weighted by Gasteiger charge is 2.41. The fraction of sp³-hybridized carbons (Fsp3) is 0.333. The molecule has 0 spiro atoms. The van der Waals surface area contributed by atoms with Gasteiger partial charge in [0.25, 0.3) is 10.2 Å². The number of hydrogen-bond donors (Lipinski definition) is 2. The van der Waals surface area contributed by atoms with Crippen molar-refractivity contribution in [1.29, 1.82) is 0 Å². The molecule has 3 aromatic rings. The van der Waals surface area contributed by atoms with Crippen molar-refractivity contribution < 1.29 is 17.6 Å². The Morgan fingerprint density at radius 1 is 1.33 bits per heavy atom. The number of hydrogen-bond acceptors (Lipinski definition) is 5. The molecule has 0 aliphatic carbocycles. The van der Waals surface area contributed by atoms with Gasteiger partial charge in [0.1, 0.15) is 11.9 Å². The molecule has 1 aliphatic heterocycles. The highest BCUT2D eigenvalue weighted by Crippen LogP contribution is 2.36. The standard InChI is InChI=1S/C21H23ClFN5O3S2/c1-12(2)28-11-13(10-24-28)19-6-7-20(32-19)17-9-18(27(3)33(30,31)26-17)21(29)25-14-4-5-16(23)15(22)8-14/h4-8,10-12,17-18,26H,9H2,1-3H3,(H,25,29)/t17-,18+/m1/s1. The average Bonchev–Trinajstić information content (AvgIpc) is 3.42. The quantitative estimate of drug-likeness (QED) is 0.536. The van der Waals surface area contributed by atoms with E-state index >= 15 is 0 Å². The van der Waals surface area contributed by atoms with E-state index in [1.807, 2.05) is 36.9 Å². The number of benzene rings is 1. The fourth-order valence-electron chi connectivity index (χ4n) is 3.54. The zero-order valence-corrected chi connectivity index (χ0v) is 20.5. The van der Waals surface area contributed by atoms with Crippen LogP contribution in [0.15, 0.2) is 42.7 Å². The number of rotatable bonds is 5. The molecular formula is C21H23ClFN5O3S2. The van der Waals surface area contributed by atoms with Crippen LogP contribution in [0, 0.1) is 5.82 Å². The van der Waals surface area contributed by atoms with Crippen molar-refractivity contribution in [2.24, 2.45) is 0 Å². The van der Waals surface area contributed by atoms with Crippen molar-refractivity contribution in [3.8, 4) is 10.4 Å². The number of nitrogens with one attached hydrogen (secondary N) is 2. The van der Waals surface area contributed by atoms with Crippen LogP contribution in [0.4, 0.5) is 10.1 Å². The average molecular weight is 512 g/mol. The number of likely N-dealkylation sites (N-methyl/N-ethyl adjacent to an activating group) is 1. The molecule has 12 heteroatoms. The third-order valence-electron chi connectivity index (χ3n) is 5.44. The normalized spacial score (nSPS) is 20.8. The van der Waals surface area contributed by atoms with Crippen molar-refractivity contribution in [1.82, 2.24) is 18.8 Å². The summed E-state index contributed by atoms with van der Waals surface area (Å²) in [7, 11) is -2.55. The minimum Gasteiger partial charge on any atom is -0.325 e. The first-order valence-electron chi connectivity index (χ1n) is 10.2. The summed E-state index contributed by atoms with van der Waals surface area (Å²) >= 11 is 7.24. The maximum atomic E-state index is 13.4. The van der Waals surface area contributed by atoms with Gasteiger partial charge in [0.15, 0.2) is 0 Å². The Bertz CT molecular complexity index is 1290. The zero-order chi connectivity index (χ0) is 23.9. The molecular weight excluding hydrogens is 489 g/mol. The lowest BCUT2D eigenvalue weighted by molar-refractivity contribution is -0.120. The van der Waals surface area contributed by atoms with E-state index in [4.69, 9.17) is 11.6 Å². The molecule has 8 nitrogen and oxygen atoms in total. The van der Waals surface area contributed by atoms with Gasteiger partial charge in [0, 0.05) is 40.3 Å². The molecule has 176 valence electrons. The van der Waals surface area contributed by atoms with Crippen molar-refractivity contribution in [2.45, 2.75) is 38.4 Å². The molecule has 0 bridgehead atoms. The number of nitrogens with zero attached hydrogens (tertiary/aromatic N) is 3. The monoisotopic (exact) mass is 511 g/mol. The molecule has 1 amide bonds. The topological polar surface area (TPSA) is 96.3 Å². The number of amides is 1. The van der Waals surface area contributed by atoms with Gasteiger partial charge in [-0.05, 0) is 50.6 Å². The number of carbonyl (C=O) groups is 1. The minimum absolute atomic E-state index is 0.135. The second kappa shape index (κ2) is 9.15. The van der Waals surface area contributed by atoms with Gasteiger partial charge in [-0.25, -0.2) is 4.39 Å². The maximum Gasteiger partial charge on any atom is 0.280 e. The van der Waals surface area contributed by atoms with Gasteiger partial charge < -0.3 is 5.32 Å². The van der Waals surface area contributed by atoms with Crippen LogP contribution in [0.3, 0.4) is 0 Å². The van der Waals surface area contributed by atoms with Crippen LogP contribution >= 0.6 is 22.9 Å². The summed E-state index contributed by atoms with van der Waals surface area (Å²) in [5.74, 6) is -1.13. The van der Waals surface area contributed by atoms with Gasteiger partial charge in [0.2, 0.25) is 5.91 Å². The second-order valence-corrected chi connectivity index (χ2v) is 11.4. The van der Waals surface area contributed by atoms with Crippen LogP contribution < -0.4 is 10.0 Å². The number of anilines is 1. The molecule has 1 aromatic carbocycles. The van der Waals surface area contributed by atoms with Gasteiger partial charge >= 0.3 is 0 Å². The smallest absolute Gasteiger partial charge is 0.280 e. The Kier molecular flexibility index (Phi) is 6.61. The maximum absolute atomic E-state index is 13.4. The van der Waals surface area contributed by atoms with Crippen molar-refractivity contribution >= 4 is 44.7 Å². The molecule has 4 rings (SSSR count). The Morgan fingerprint density at radius 3 is 2.76 bits per heavy atom. The highest BCUT2D eigenvalue weighted by atomic mass is 35.5. The van der Waals surface area contributed by atoms with E-state index < -0.39 is 34.0 Å². The van der Waals surface area contributed by atoms with Crippen LogP contribution in [-0.2, 0) is 15.0 Å². The lowest BCUT2D eigenvalue weighted by atomic mass is 10.1. The molecule has 0 radical (unpaired) electrons. The summed E-state index contributed by atoms with van der Waals surface area (Å²) < 4.78 is 44.4.